The lowest BCUT2D eigenvalue weighted by Crippen LogP contribution is -1.98. The lowest BCUT2D eigenvalue weighted by atomic mass is 9.93. The molecule has 0 aliphatic heterocycles. The third-order valence-electron chi connectivity index (χ3n) is 3.26. The van der Waals surface area contributed by atoms with Crippen LogP contribution in [0, 0.1) is 5.92 Å². The van der Waals surface area contributed by atoms with Crippen molar-refractivity contribution < 1.29 is 0 Å². The maximum atomic E-state index is 2.35. The molecule has 0 radical (unpaired) electrons. The summed E-state index contributed by atoms with van der Waals surface area (Å²) in [5.74, 6) is 1.02. The van der Waals surface area contributed by atoms with Gasteiger partial charge in [-0.05, 0) is 5.92 Å². The first kappa shape index (κ1) is 14.0. The van der Waals surface area contributed by atoms with Crippen molar-refractivity contribution in [2.75, 3.05) is 0 Å². The molecular weight excluding hydrogens is 168 g/mol. The van der Waals surface area contributed by atoms with E-state index in [2.05, 4.69) is 20.8 Å². The summed E-state index contributed by atoms with van der Waals surface area (Å²) in [6.45, 7) is 6.94. The second kappa shape index (κ2) is 11.1. The summed E-state index contributed by atoms with van der Waals surface area (Å²) in [7, 11) is 0. The largest absolute Gasteiger partial charge is 0.0654 e. The van der Waals surface area contributed by atoms with Crippen molar-refractivity contribution in [2.24, 2.45) is 5.92 Å². The van der Waals surface area contributed by atoms with E-state index in [0.29, 0.717) is 0 Å². The van der Waals surface area contributed by atoms with Crippen molar-refractivity contribution in [3.05, 3.63) is 0 Å². The molecule has 0 spiro atoms. The van der Waals surface area contributed by atoms with Gasteiger partial charge in [-0.2, -0.15) is 0 Å². The summed E-state index contributed by atoms with van der Waals surface area (Å²) in [6, 6.07) is 0. The quantitative estimate of drug-likeness (QED) is 0.403. The van der Waals surface area contributed by atoms with Crippen LogP contribution in [-0.4, -0.2) is 0 Å². The SMILES string of the molecule is CCCCCCCC(CC)CCCC. The fraction of sp³-hybridized carbons (Fsp3) is 1.00. The van der Waals surface area contributed by atoms with Crippen molar-refractivity contribution in [1.29, 1.82) is 0 Å². The van der Waals surface area contributed by atoms with Gasteiger partial charge in [-0.3, -0.25) is 0 Å². The lowest BCUT2D eigenvalue weighted by molar-refractivity contribution is 0.400. The molecule has 0 saturated carbocycles. The van der Waals surface area contributed by atoms with E-state index >= 15 is 0 Å². The van der Waals surface area contributed by atoms with Gasteiger partial charge in [-0.1, -0.05) is 85.0 Å². The van der Waals surface area contributed by atoms with Gasteiger partial charge < -0.3 is 0 Å². The van der Waals surface area contributed by atoms with Crippen molar-refractivity contribution in [3.63, 3.8) is 0 Å². The molecule has 0 aliphatic carbocycles. The van der Waals surface area contributed by atoms with Crippen molar-refractivity contribution in [2.45, 2.75) is 85.0 Å². The van der Waals surface area contributed by atoms with E-state index in [1.807, 2.05) is 0 Å². The van der Waals surface area contributed by atoms with Crippen molar-refractivity contribution in [1.82, 2.24) is 0 Å². The highest BCUT2D eigenvalue weighted by atomic mass is 14.1. The van der Waals surface area contributed by atoms with Crippen LogP contribution < -0.4 is 0 Å². The molecule has 0 aliphatic rings. The summed E-state index contributed by atoms with van der Waals surface area (Å²) in [5.41, 5.74) is 0. The summed E-state index contributed by atoms with van der Waals surface area (Å²) in [4.78, 5) is 0. The average molecular weight is 198 g/mol. The number of unbranched alkanes of at least 4 members (excludes halogenated alkanes) is 5. The van der Waals surface area contributed by atoms with Crippen LogP contribution in [0.15, 0.2) is 0 Å². The molecule has 0 aromatic carbocycles. The Balaban J connectivity index is 3.24. The van der Waals surface area contributed by atoms with E-state index in [4.69, 9.17) is 0 Å². The Hall–Kier alpha value is 0. The van der Waals surface area contributed by atoms with E-state index in [1.54, 1.807) is 0 Å². The zero-order chi connectivity index (χ0) is 10.6. The van der Waals surface area contributed by atoms with Crippen LogP contribution in [0.5, 0.6) is 0 Å². The second-order valence-corrected chi connectivity index (χ2v) is 4.62. The fourth-order valence-corrected chi connectivity index (χ4v) is 2.08. The second-order valence-electron chi connectivity index (χ2n) is 4.62. The van der Waals surface area contributed by atoms with Gasteiger partial charge in [0.15, 0.2) is 0 Å². The fourth-order valence-electron chi connectivity index (χ4n) is 2.08. The van der Waals surface area contributed by atoms with Gasteiger partial charge in [0.2, 0.25) is 0 Å². The molecule has 0 heterocycles. The highest BCUT2D eigenvalue weighted by Gasteiger charge is 2.04. The Morgan fingerprint density at radius 2 is 1.21 bits per heavy atom. The van der Waals surface area contributed by atoms with Crippen LogP contribution in [0.25, 0.3) is 0 Å². The molecule has 0 bridgehead atoms. The molecule has 14 heavy (non-hydrogen) atoms. The molecule has 0 saturated heterocycles. The molecule has 0 aromatic heterocycles. The number of rotatable bonds is 10. The smallest absolute Gasteiger partial charge is 0.0417 e. The monoisotopic (exact) mass is 198 g/mol. The van der Waals surface area contributed by atoms with Crippen LogP contribution in [0.3, 0.4) is 0 Å². The molecule has 0 N–H and O–H groups in total. The first-order chi connectivity index (χ1) is 6.85. The van der Waals surface area contributed by atoms with Crippen LogP contribution in [0.4, 0.5) is 0 Å². The molecular formula is C14H30. The van der Waals surface area contributed by atoms with Crippen molar-refractivity contribution >= 4 is 0 Å². The number of hydrogen-bond acceptors (Lipinski definition) is 0. The molecule has 1 atom stereocenters. The summed E-state index contributed by atoms with van der Waals surface area (Å²) >= 11 is 0. The van der Waals surface area contributed by atoms with E-state index in [1.165, 1.54) is 64.2 Å². The van der Waals surface area contributed by atoms with E-state index in [-0.39, 0.29) is 0 Å². The van der Waals surface area contributed by atoms with Gasteiger partial charge in [-0.15, -0.1) is 0 Å². The van der Waals surface area contributed by atoms with E-state index < -0.39 is 0 Å². The third-order valence-corrected chi connectivity index (χ3v) is 3.26. The standard InChI is InChI=1S/C14H30/c1-4-7-9-10-11-13-14(6-3)12-8-5-2/h14H,4-13H2,1-3H3. The Kier molecular flexibility index (Phi) is 11.1. The lowest BCUT2D eigenvalue weighted by Gasteiger charge is -2.13. The van der Waals surface area contributed by atoms with Gasteiger partial charge in [0.25, 0.3) is 0 Å². The molecule has 1 unspecified atom stereocenters. The summed E-state index contributed by atoms with van der Waals surface area (Å²) in [5, 5.41) is 0. The molecule has 86 valence electrons. The Morgan fingerprint density at radius 3 is 1.79 bits per heavy atom. The van der Waals surface area contributed by atoms with Crippen molar-refractivity contribution in [3.8, 4) is 0 Å². The first-order valence-corrected chi connectivity index (χ1v) is 6.85. The highest BCUT2D eigenvalue weighted by Crippen LogP contribution is 2.20. The zero-order valence-electron chi connectivity index (χ0n) is 10.6. The Morgan fingerprint density at radius 1 is 0.643 bits per heavy atom. The van der Waals surface area contributed by atoms with Crippen LogP contribution in [0.2, 0.25) is 0 Å². The minimum atomic E-state index is 1.02. The van der Waals surface area contributed by atoms with Gasteiger partial charge in [0.05, 0.1) is 0 Å². The predicted octanol–water partition coefficient (Wildman–Crippen LogP) is 5.56. The first-order valence-electron chi connectivity index (χ1n) is 6.85. The van der Waals surface area contributed by atoms with Gasteiger partial charge in [0.1, 0.15) is 0 Å². The third kappa shape index (κ3) is 8.59. The summed E-state index contributed by atoms with van der Waals surface area (Å²) in [6.07, 6.45) is 14.4. The minimum absolute atomic E-state index is 1.02. The Labute approximate surface area is 91.5 Å². The maximum absolute atomic E-state index is 2.35. The van der Waals surface area contributed by atoms with Gasteiger partial charge in [-0.25, -0.2) is 0 Å². The van der Waals surface area contributed by atoms with E-state index in [9.17, 15) is 0 Å². The van der Waals surface area contributed by atoms with Gasteiger partial charge in [0, 0.05) is 0 Å². The molecule has 0 aromatic rings. The average Bonchev–Trinajstić information content (AvgIpc) is 2.22. The maximum Gasteiger partial charge on any atom is -0.0417 e. The molecule has 0 rings (SSSR count). The topological polar surface area (TPSA) is 0 Å². The molecule has 0 heteroatoms. The zero-order valence-corrected chi connectivity index (χ0v) is 10.6. The van der Waals surface area contributed by atoms with Gasteiger partial charge >= 0.3 is 0 Å². The molecule has 0 amide bonds. The highest BCUT2D eigenvalue weighted by molar-refractivity contribution is 4.57. The Bertz CT molecular complexity index is 96.2. The normalized spacial score (nSPS) is 13.1. The molecule has 0 nitrogen and oxygen atoms in total. The van der Waals surface area contributed by atoms with Crippen LogP contribution in [-0.2, 0) is 0 Å². The predicted molar refractivity (Wildman–Crippen MR) is 66.7 cm³/mol. The minimum Gasteiger partial charge on any atom is -0.0654 e. The van der Waals surface area contributed by atoms with Crippen LogP contribution >= 0.6 is 0 Å². The van der Waals surface area contributed by atoms with E-state index in [0.717, 1.165) is 5.92 Å². The number of hydrogen-bond donors (Lipinski definition) is 0. The molecule has 0 fully saturated rings. The summed E-state index contributed by atoms with van der Waals surface area (Å²) < 4.78 is 0. The van der Waals surface area contributed by atoms with Crippen LogP contribution in [0.1, 0.15) is 85.0 Å².